The van der Waals surface area contributed by atoms with Crippen molar-refractivity contribution in [1.29, 1.82) is 0 Å². The highest BCUT2D eigenvalue weighted by Gasteiger charge is 2.24. The average Bonchev–Trinajstić information content (AvgIpc) is 3.18. The van der Waals surface area contributed by atoms with Crippen molar-refractivity contribution in [2.75, 3.05) is 25.6 Å². The van der Waals surface area contributed by atoms with Crippen LogP contribution in [0.4, 0.5) is 10.6 Å². The van der Waals surface area contributed by atoms with Gasteiger partial charge in [-0.2, -0.15) is 5.10 Å². The van der Waals surface area contributed by atoms with Crippen LogP contribution in [0.15, 0.2) is 18.6 Å². The van der Waals surface area contributed by atoms with Crippen LogP contribution in [-0.2, 0) is 30.8 Å². The van der Waals surface area contributed by atoms with E-state index in [-0.39, 0.29) is 6.03 Å². The van der Waals surface area contributed by atoms with Gasteiger partial charge in [-0.15, -0.1) is 0 Å². The number of carbonyl (C=O) groups is 1. The van der Waals surface area contributed by atoms with Gasteiger partial charge in [-0.05, 0) is 6.92 Å². The van der Waals surface area contributed by atoms with Gasteiger partial charge in [0.25, 0.3) is 0 Å². The smallest absolute Gasteiger partial charge is 0.323 e. The summed E-state index contributed by atoms with van der Waals surface area (Å²) in [5.74, 6) is 0.552. The van der Waals surface area contributed by atoms with Crippen molar-refractivity contribution in [2.45, 2.75) is 33.0 Å². The lowest BCUT2D eigenvalue weighted by atomic mass is 10.1. The molecule has 0 saturated carbocycles. The number of hydrogen-bond acceptors (Lipinski definition) is 4. The quantitative estimate of drug-likeness (QED) is 0.902. The van der Waals surface area contributed by atoms with Gasteiger partial charge in [0, 0.05) is 44.6 Å². The molecule has 3 rings (SSSR count). The molecule has 0 aromatic carbocycles. The first-order chi connectivity index (χ1) is 11.2. The van der Waals surface area contributed by atoms with Crippen LogP contribution in [0.3, 0.4) is 0 Å². The number of hydrogen-bond donors (Lipinski definition) is 1. The summed E-state index contributed by atoms with van der Waals surface area (Å²) < 4.78 is 8.90. The molecular weight excluding hydrogens is 296 g/mol. The molecule has 0 fully saturated rings. The molecule has 0 unspecified atom stereocenters. The van der Waals surface area contributed by atoms with Crippen LogP contribution >= 0.6 is 0 Å². The number of urea groups is 1. The van der Waals surface area contributed by atoms with E-state index in [1.807, 2.05) is 12.5 Å². The summed E-state index contributed by atoms with van der Waals surface area (Å²) in [6.45, 7) is 5.49. The molecule has 8 nitrogen and oxygen atoms in total. The monoisotopic (exact) mass is 318 g/mol. The molecule has 3 heterocycles. The van der Waals surface area contributed by atoms with E-state index >= 15 is 0 Å². The van der Waals surface area contributed by atoms with Crippen molar-refractivity contribution in [1.82, 2.24) is 24.2 Å². The maximum Gasteiger partial charge on any atom is 0.323 e. The molecule has 0 saturated heterocycles. The first-order valence-electron chi connectivity index (χ1n) is 7.82. The lowest BCUT2D eigenvalue weighted by Gasteiger charge is -2.26. The molecule has 2 aromatic rings. The van der Waals surface area contributed by atoms with Crippen molar-refractivity contribution >= 4 is 11.8 Å². The fourth-order valence-corrected chi connectivity index (χ4v) is 2.74. The predicted molar refractivity (Wildman–Crippen MR) is 85.1 cm³/mol. The Balaban J connectivity index is 1.60. The molecule has 1 aliphatic heterocycles. The number of carbonyl (C=O) groups excluding carboxylic acids is 1. The van der Waals surface area contributed by atoms with Gasteiger partial charge in [0.2, 0.25) is 0 Å². The Bertz CT molecular complexity index is 677. The van der Waals surface area contributed by atoms with E-state index in [0.717, 1.165) is 18.7 Å². The Morgan fingerprint density at radius 3 is 3.13 bits per heavy atom. The number of amides is 2. The largest absolute Gasteiger partial charge is 0.383 e. The van der Waals surface area contributed by atoms with Crippen molar-refractivity contribution in [3.63, 3.8) is 0 Å². The zero-order valence-corrected chi connectivity index (χ0v) is 13.5. The fourth-order valence-electron chi connectivity index (χ4n) is 2.74. The summed E-state index contributed by atoms with van der Waals surface area (Å²) in [5, 5.41) is 7.14. The molecule has 124 valence electrons. The van der Waals surface area contributed by atoms with Gasteiger partial charge in [-0.1, -0.05) is 0 Å². The Morgan fingerprint density at radius 1 is 1.48 bits per heavy atom. The number of nitrogens with zero attached hydrogens (tertiary/aromatic N) is 5. The third-order valence-corrected chi connectivity index (χ3v) is 4.02. The van der Waals surface area contributed by atoms with Gasteiger partial charge in [0.05, 0.1) is 31.7 Å². The zero-order chi connectivity index (χ0) is 16.2. The minimum atomic E-state index is -0.140. The number of methoxy groups -OCH3 is 1. The van der Waals surface area contributed by atoms with E-state index in [0.29, 0.717) is 32.1 Å². The van der Waals surface area contributed by atoms with Crippen LogP contribution in [0.2, 0.25) is 0 Å². The van der Waals surface area contributed by atoms with E-state index in [1.54, 1.807) is 22.8 Å². The lowest BCUT2D eigenvalue weighted by molar-refractivity contribution is 0.183. The summed E-state index contributed by atoms with van der Waals surface area (Å²) in [7, 11) is 1.65. The highest BCUT2D eigenvalue weighted by Crippen LogP contribution is 2.18. The van der Waals surface area contributed by atoms with Gasteiger partial charge < -0.3 is 14.2 Å². The van der Waals surface area contributed by atoms with E-state index in [2.05, 4.69) is 26.9 Å². The average molecular weight is 318 g/mol. The highest BCUT2D eigenvalue weighted by atomic mass is 16.5. The van der Waals surface area contributed by atoms with Crippen LogP contribution < -0.4 is 5.32 Å². The van der Waals surface area contributed by atoms with E-state index in [4.69, 9.17) is 4.74 Å². The molecule has 1 N–H and O–H groups in total. The van der Waals surface area contributed by atoms with Gasteiger partial charge in [-0.25, -0.2) is 9.78 Å². The normalized spacial score (nSPS) is 13.9. The number of aromatic nitrogens is 4. The number of imidazole rings is 1. The summed E-state index contributed by atoms with van der Waals surface area (Å²) in [6, 6.07) is 1.65. The molecule has 0 atom stereocenters. The molecular formula is C15H22N6O2. The minimum Gasteiger partial charge on any atom is -0.383 e. The van der Waals surface area contributed by atoms with Crippen molar-refractivity contribution in [3.05, 3.63) is 30.0 Å². The van der Waals surface area contributed by atoms with Gasteiger partial charge in [0.1, 0.15) is 0 Å². The second-order valence-electron chi connectivity index (χ2n) is 5.48. The third kappa shape index (κ3) is 3.37. The molecule has 8 heteroatoms. The second-order valence-corrected chi connectivity index (χ2v) is 5.48. The van der Waals surface area contributed by atoms with Gasteiger partial charge in [0.15, 0.2) is 5.82 Å². The topological polar surface area (TPSA) is 77.2 Å². The molecule has 0 aliphatic carbocycles. The molecule has 1 aliphatic rings. The predicted octanol–water partition coefficient (Wildman–Crippen LogP) is 1.34. The Kier molecular flexibility index (Phi) is 4.61. The van der Waals surface area contributed by atoms with Crippen LogP contribution in [0.5, 0.6) is 0 Å². The van der Waals surface area contributed by atoms with E-state index in [1.165, 1.54) is 5.69 Å². The standard InChI is InChI=1S/C15H22N6O2/c1-3-19-11-16-12-10-20(6-4-13(12)19)15(22)17-14-5-7-21(18-14)8-9-23-2/h5,7,11H,3-4,6,8-10H2,1-2H3,(H,17,18,22). The molecule has 0 radical (unpaired) electrons. The molecule has 23 heavy (non-hydrogen) atoms. The summed E-state index contributed by atoms with van der Waals surface area (Å²) in [6.07, 6.45) is 4.51. The van der Waals surface area contributed by atoms with E-state index < -0.39 is 0 Å². The SMILES string of the molecule is CCn1cnc2c1CCN(C(=O)Nc1ccn(CCOC)n1)C2. The fraction of sp³-hybridized carbons (Fsp3) is 0.533. The Labute approximate surface area is 135 Å². The second kappa shape index (κ2) is 6.82. The van der Waals surface area contributed by atoms with Crippen molar-refractivity contribution < 1.29 is 9.53 Å². The first-order valence-corrected chi connectivity index (χ1v) is 7.82. The summed E-state index contributed by atoms with van der Waals surface area (Å²) >= 11 is 0. The zero-order valence-electron chi connectivity index (χ0n) is 13.5. The molecule has 0 bridgehead atoms. The molecule has 0 spiro atoms. The number of anilines is 1. The number of rotatable bonds is 5. The van der Waals surface area contributed by atoms with Crippen LogP contribution in [0.25, 0.3) is 0 Å². The first kappa shape index (κ1) is 15.5. The number of aryl methyl sites for hydroxylation is 1. The van der Waals surface area contributed by atoms with Crippen LogP contribution in [0, 0.1) is 0 Å². The number of nitrogens with one attached hydrogen (secondary N) is 1. The van der Waals surface area contributed by atoms with Crippen LogP contribution in [-0.4, -0.2) is 50.5 Å². The number of ether oxygens (including phenoxy) is 1. The molecule has 2 aromatic heterocycles. The summed E-state index contributed by atoms with van der Waals surface area (Å²) in [5.41, 5.74) is 2.22. The van der Waals surface area contributed by atoms with Gasteiger partial charge >= 0.3 is 6.03 Å². The lowest BCUT2D eigenvalue weighted by Crippen LogP contribution is -2.39. The summed E-state index contributed by atoms with van der Waals surface area (Å²) in [4.78, 5) is 18.6. The van der Waals surface area contributed by atoms with E-state index in [9.17, 15) is 4.79 Å². The molecule has 2 amide bonds. The minimum absolute atomic E-state index is 0.140. The number of fused-ring (bicyclic) bond motifs is 1. The van der Waals surface area contributed by atoms with Crippen molar-refractivity contribution in [2.24, 2.45) is 0 Å². The Hall–Kier alpha value is -2.35. The highest BCUT2D eigenvalue weighted by molar-refractivity contribution is 5.88. The third-order valence-electron chi connectivity index (χ3n) is 4.02. The van der Waals surface area contributed by atoms with Gasteiger partial charge in [-0.3, -0.25) is 10.00 Å². The maximum atomic E-state index is 12.4. The van der Waals surface area contributed by atoms with Crippen LogP contribution in [0.1, 0.15) is 18.3 Å². The van der Waals surface area contributed by atoms with Crippen molar-refractivity contribution in [3.8, 4) is 0 Å². The maximum absolute atomic E-state index is 12.4. The Morgan fingerprint density at radius 2 is 2.35 bits per heavy atom.